The maximum absolute atomic E-state index is 11.1. The fraction of sp³-hybridized carbons (Fsp3) is 0.600. The van der Waals surface area contributed by atoms with Gasteiger partial charge in [-0.2, -0.15) is 5.10 Å². The van der Waals surface area contributed by atoms with E-state index in [-0.39, 0.29) is 18.5 Å². The molecule has 84 valence electrons. The van der Waals surface area contributed by atoms with Gasteiger partial charge in [0, 0.05) is 12.8 Å². The van der Waals surface area contributed by atoms with Gasteiger partial charge < -0.3 is 9.84 Å². The number of carbonyl (C=O) groups is 1. The Balaban J connectivity index is 2.53. The highest BCUT2D eigenvalue weighted by Gasteiger charge is 2.13. The van der Waals surface area contributed by atoms with Crippen molar-refractivity contribution in [1.29, 1.82) is 0 Å². The van der Waals surface area contributed by atoms with E-state index in [1.165, 1.54) is 7.11 Å². The van der Waals surface area contributed by atoms with Gasteiger partial charge in [-0.25, -0.2) is 0 Å². The van der Waals surface area contributed by atoms with E-state index in [4.69, 9.17) is 5.11 Å². The van der Waals surface area contributed by atoms with E-state index < -0.39 is 0 Å². The first-order valence-electron chi connectivity index (χ1n) is 4.87. The molecule has 0 aromatic carbocycles. The van der Waals surface area contributed by atoms with Crippen LogP contribution in [0.1, 0.15) is 12.5 Å². The Bertz CT molecular complexity index is 322. The van der Waals surface area contributed by atoms with Crippen molar-refractivity contribution in [3.8, 4) is 0 Å². The Labute approximate surface area is 88.7 Å². The van der Waals surface area contributed by atoms with E-state index in [1.54, 1.807) is 17.8 Å². The maximum atomic E-state index is 11.1. The van der Waals surface area contributed by atoms with Gasteiger partial charge in [0.1, 0.15) is 0 Å². The molecule has 0 bridgehead atoms. The molecule has 1 aromatic heterocycles. The fourth-order valence-electron chi connectivity index (χ4n) is 1.32. The summed E-state index contributed by atoms with van der Waals surface area (Å²) < 4.78 is 6.31. The number of aromatic nitrogens is 2. The van der Waals surface area contributed by atoms with Gasteiger partial charge >= 0.3 is 5.97 Å². The second-order valence-corrected chi connectivity index (χ2v) is 3.47. The predicted molar refractivity (Wildman–Crippen MR) is 54.2 cm³/mol. The third-order valence-corrected chi connectivity index (χ3v) is 2.15. The summed E-state index contributed by atoms with van der Waals surface area (Å²) in [5.41, 5.74) is 0.967. The van der Waals surface area contributed by atoms with Crippen molar-refractivity contribution in [2.75, 3.05) is 13.7 Å². The van der Waals surface area contributed by atoms with Crippen LogP contribution in [0.15, 0.2) is 12.4 Å². The average molecular weight is 212 g/mol. The molecule has 0 aliphatic rings. The molecule has 1 atom stereocenters. The lowest BCUT2D eigenvalue weighted by Crippen LogP contribution is -2.18. The number of hydrogen-bond donors (Lipinski definition) is 1. The number of aliphatic hydroxyl groups is 1. The number of carbonyl (C=O) groups excluding carboxylic acids is 1. The molecule has 15 heavy (non-hydrogen) atoms. The molecular formula is C10H16N2O3. The van der Waals surface area contributed by atoms with Gasteiger partial charge in [0.2, 0.25) is 0 Å². The average Bonchev–Trinajstić information content (AvgIpc) is 2.65. The van der Waals surface area contributed by atoms with E-state index in [1.807, 2.05) is 6.20 Å². The predicted octanol–water partition coefficient (Wildman–Crippen LogP) is 0.227. The van der Waals surface area contributed by atoms with E-state index >= 15 is 0 Å². The third kappa shape index (κ3) is 3.36. The Morgan fingerprint density at radius 3 is 3.07 bits per heavy atom. The highest BCUT2D eigenvalue weighted by molar-refractivity contribution is 5.71. The Kier molecular flexibility index (Phi) is 4.30. The van der Waals surface area contributed by atoms with Crippen LogP contribution >= 0.6 is 0 Å². The van der Waals surface area contributed by atoms with Gasteiger partial charge in [0.25, 0.3) is 0 Å². The highest BCUT2D eigenvalue weighted by atomic mass is 16.5. The molecule has 1 N–H and O–H groups in total. The van der Waals surface area contributed by atoms with Crippen LogP contribution in [0.5, 0.6) is 0 Å². The van der Waals surface area contributed by atoms with Gasteiger partial charge in [0.05, 0.1) is 25.8 Å². The lowest BCUT2D eigenvalue weighted by molar-refractivity contribution is -0.145. The molecule has 0 radical (unpaired) electrons. The van der Waals surface area contributed by atoms with Crippen molar-refractivity contribution in [2.45, 2.75) is 19.9 Å². The summed E-state index contributed by atoms with van der Waals surface area (Å²) in [7, 11) is 1.37. The van der Waals surface area contributed by atoms with Gasteiger partial charge in [-0.05, 0) is 12.0 Å². The molecule has 1 rings (SSSR count). The van der Waals surface area contributed by atoms with Gasteiger partial charge in [-0.15, -0.1) is 0 Å². The molecule has 5 heteroatoms. The van der Waals surface area contributed by atoms with Crippen LogP contribution in [0.2, 0.25) is 0 Å². The number of hydrogen-bond acceptors (Lipinski definition) is 4. The normalized spacial score (nSPS) is 12.5. The topological polar surface area (TPSA) is 64.3 Å². The molecular weight excluding hydrogens is 196 g/mol. The zero-order chi connectivity index (χ0) is 11.3. The zero-order valence-corrected chi connectivity index (χ0v) is 9.01. The summed E-state index contributed by atoms with van der Waals surface area (Å²) in [6.45, 7) is 2.40. The Morgan fingerprint density at radius 2 is 2.47 bits per heavy atom. The molecule has 0 aliphatic carbocycles. The van der Waals surface area contributed by atoms with Crippen LogP contribution < -0.4 is 0 Å². The summed E-state index contributed by atoms with van der Waals surface area (Å²) in [6.07, 6.45) is 4.11. The van der Waals surface area contributed by atoms with E-state index in [2.05, 4.69) is 9.84 Å². The first kappa shape index (κ1) is 11.7. The fourth-order valence-corrected chi connectivity index (χ4v) is 1.32. The number of esters is 1. The smallest absolute Gasteiger partial charge is 0.310 e. The minimum atomic E-state index is -0.241. The lowest BCUT2D eigenvalue weighted by atomic mass is 10.2. The SMILES string of the molecule is COC(=O)C(C)Cn1cc(CCO)cn1. The van der Waals surface area contributed by atoms with Crippen LogP contribution in [0.4, 0.5) is 0 Å². The van der Waals surface area contributed by atoms with E-state index in [0.29, 0.717) is 13.0 Å². The van der Waals surface area contributed by atoms with Gasteiger partial charge in [-0.1, -0.05) is 6.92 Å². The zero-order valence-electron chi connectivity index (χ0n) is 9.01. The maximum Gasteiger partial charge on any atom is 0.310 e. The third-order valence-electron chi connectivity index (χ3n) is 2.15. The highest BCUT2D eigenvalue weighted by Crippen LogP contribution is 2.04. The van der Waals surface area contributed by atoms with Crippen molar-refractivity contribution in [3.63, 3.8) is 0 Å². The Hall–Kier alpha value is -1.36. The quantitative estimate of drug-likeness (QED) is 0.709. The molecule has 0 aliphatic heterocycles. The van der Waals surface area contributed by atoms with Gasteiger partial charge in [-0.3, -0.25) is 9.48 Å². The summed E-state index contributed by atoms with van der Waals surface area (Å²) in [5, 5.41) is 12.8. The second kappa shape index (κ2) is 5.50. The molecule has 0 spiro atoms. The molecule has 0 fully saturated rings. The molecule has 0 saturated heterocycles. The number of aliphatic hydroxyl groups excluding tert-OH is 1. The minimum absolute atomic E-state index is 0.109. The van der Waals surface area contributed by atoms with Crippen LogP contribution in [-0.2, 0) is 22.5 Å². The standard InChI is InChI=1S/C10H16N2O3/c1-8(10(14)15-2)6-12-7-9(3-4-13)5-11-12/h5,7-8,13H,3-4,6H2,1-2H3. The Morgan fingerprint density at radius 1 is 1.73 bits per heavy atom. The monoisotopic (exact) mass is 212 g/mol. The summed E-state index contributed by atoms with van der Waals surface area (Å²) in [4.78, 5) is 11.1. The van der Waals surface area contributed by atoms with E-state index in [0.717, 1.165) is 5.56 Å². The number of methoxy groups -OCH3 is 1. The van der Waals surface area contributed by atoms with Crippen molar-refractivity contribution < 1.29 is 14.6 Å². The van der Waals surface area contributed by atoms with Crippen LogP contribution in [0, 0.1) is 5.92 Å². The van der Waals surface area contributed by atoms with Crippen molar-refractivity contribution in [1.82, 2.24) is 9.78 Å². The largest absolute Gasteiger partial charge is 0.469 e. The van der Waals surface area contributed by atoms with Crippen molar-refractivity contribution in [3.05, 3.63) is 18.0 Å². The first-order valence-corrected chi connectivity index (χ1v) is 4.87. The molecule has 1 aromatic rings. The summed E-state index contributed by atoms with van der Waals surface area (Å²) in [6, 6.07) is 0. The molecule has 5 nitrogen and oxygen atoms in total. The van der Waals surface area contributed by atoms with E-state index in [9.17, 15) is 4.79 Å². The van der Waals surface area contributed by atoms with Crippen LogP contribution in [-0.4, -0.2) is 34.6 Å². The second-order valence-electron chi connectivity index (χ2n) is 3.47. The van der Waals surface area contributed by atoms with Gasteiger partial charge in [0.15, 0.2) is 0 Å². The number of nitrogens with zero attached hydrogens (tertiary/aromatic N) is 2. The molecule has 0 amide bonds. The van der Waals surface area contributed by atoms with Crippen molar-refractivity contribution in [2.24, 2.45) is 5.92 Å². The summed E-state index contributed by atoms with van der Waals surface area (Å²) in [5.74, 6) is -0.453. The number of ether oxygens (including phenoxy) is 1. The molecule has 1 heterocycles. The van der Waals surface area contributed by atoms with Crippen LogP contribution in [0.25, 0.3) is 0 Å². The number of rotatable bonds is 5. The molecule has 1 unspecified atom stereocenters. The minimum Gasteiger partial charge on any atom is -0.469 e. The van der Waals surface area contributed by atoms with Crippen LogP contribution in [0.3, 0.4) is 0 Å². The van der Waals surface area contributed by atoms with Crippen molar-refractivity contribution >= 4 is 5.97 Å². The first-order chi connectivity index (χ1) is 7.17. The summed E-state index contributed by atoms with van der Waals surface area (Å²) >= 11 is 0. The lowest BCUT2D eigenvalue weighted by Gasteiger charge is -2.08. The molecule has 0 saturated carbocycles.